The molecule has 15 heavy (non-hydrogen) atoms. The first-order chi connectivity index (χ1) is 7.21. The van der Waals surface area contributed by atoms with Gasteiger partial charge in [0.25, 0.3) is 5.91 Å². The predicted molar refractivity (Wildman–Crippen MR) is 51.9 cm³/mol. The third-order valence-corrected chi connectivity index (χ3v) is 2.51. The molecule has 0 bridgehead atoms. The normalized spacial score (nSPS) is 25.4. The van der Waals surface area contributed by atoms with Crippen LogP contribution in [0.5, 0.6) is 0 Å². The van der Waals surface area contributed by atoms with Crippen molar-refractivity contribution in [3.63, 3.8) is 0 Å². The number of furan rings is 1. The van der Waals surface area contributed by atoms with E-state index >= 15 is 0 Å². The Balaban J connectivity index is 1.87. The maximum Gasteiger partial charge on any atom is 0.259 e. The Morgan fingerprint density at radius 2 is 2.60 bits per heavy atom. The van der Waals surface area contributed by atoms with Gasteiger partial charge < -0.3 is 15.1 Å². The van der Waals surface area contributed by atoms with Crippen molar-refractivity contribution < 1.29 is 13.6 Å². The van der Waals surface area contributed by atoms with E-state index in [2.05, 4.69) is 10.6 Å². The Morgan fingerprint density at radius 3 is 3.20 bits per heavy atom. The summed E-state index contributed by atoms with van der Waals surface area (Å²) in [6, 6.07) is 3.46. The second-order valence-electron chi connectivity index (χ2n) is 3.65. The third-order valence-electron chi connectivity index (χ3n) is 2.51. The van der Waals surface area contributed by atoms with Crippen LogP contribution in [0, 0.1) is 0 Å². The van der Waals surface area contributed by atoms with Crippen LogP contribution in [0.2, 0.25) is 0 Å². The minimum atomic E-state index is -1.76. The van der Waals surface area contributed by atoms with E-state index in [1.807, 2.05) is 0 Å². The average Bonchev–Trinajstić information content (AvgIpc) is 2.85. The summed E-state index contributed by atoms with van der Waals surface area (Å²) in [6.45, 7) is 0.874. The van der Waals surface area contributed by atoms with Gasteiger partial charge in [0.15, 0.2) is 0 Å². The molecule has 1 aromatic rings. The largest absolute Gasteiger partial charge is 0.467 e. The van der Waals surface area contributed by atoms with Crippen molar-refractivity contribution >= 4 is 5.91 Å². The molecule has 1 aliphatic rings. The molecule has 0 spiro atoms. The van der Waals surface area contributed by atoms with Crippen LogP contribution in [0.3, 0.4) is 0 Å². The van der Waals surface area contributed by atoms with Gasteiger partial charge in [-0.3, -0.25) is 4.79 Å². The van der Waals surface area contributed by atoms with Gasteiger partial charge in [-0.1, -0.05) is 0 Å². The van der Waals surface area contributed by atoms with E-state index in [0.29, 0.717) is 12.3 Å². The number of alkyl halides is 1. The second-order valence-corrected chi connectivity index (χ2v) is 3.65. The molecule has 4 nitrogen and oxygen atoms in total. The van der Waals surface area contributed by atoms with Crippen LogP contribution in [0.25, 0.3) is 0 Å². The molecule has 1 aromatic heterocycles. The highest BCUT2D eigenvalue weighted by atomic mass is 19.1. The number of hydrogen-bond acceptors (Lipinski definition) is 3. The molecular formula is C10H13FN2O2. The average molecular weight is 212 g/mol. The molecule has 2 N–H and O–H groups in total. The molecule has 1 aliphatic heterocycles. The first-order valence-electron chi connectivity index (χ1n) is 4.91. The van der Waals surface area contributed by atoms with E-state index < -0.39 is 11.6 Å². The van der Waals surface area contributed by atoms with Gasteiger partial charge in [0.2, 0.25) is 5.67 Å². The molecule has 1 fully saturated rings. The van der Waals surface area contributed by atoms with E-state index in [1.54, 1.807) is 12.1 Å². The van der Waals surface area contributed by atoms with Gasteiger partial charge in [-0.2, -0.15) is 0 Å². The molecule has 0 aromatic carbocycles. The number of amides is 1. The van der Waals surface area contributed by atoms with E-state index in [0.717, 1.165) is 0 Å². The van der Waals surface area contributed by atoms with E-state index in [4.69, 9.17) is 4.42 Å². The topological polar surface area (TPSA) is 54.3 Å². The molecule has 5 heteroatoms. The van der Waals surface area contributed by atoms with E-state index in [1.165, 1.54) is 6.26 Å². The number of carbonyl (C=O) groups is 1. The number of hydrogen-bond donors (Lipinski definition) is 2. The van der Waals surface area contributed by atoms with Crippen LogP contribution in [0.15, 0.2) is 22.8 Å². The van der Waals surface area contributed by atoms with Gasteiger partial charge in [0.1, 0.15) is 5.76 Å². The molecule has 0 radical (unpaired) electrons. The van der Waals surface area contributed by atoms with Crippen molar-refractivity contribution in [3.05, 3.63) is 24.2 Å². The molecule has 1 saturated heterocycles. The van der Waals surface area contributed by atoms with E-state index in [-0.39, 0.29) is 19.5 Å². The second kappa shape index (κ2) is 4.02. The number of carbonyl (C=O) groups excluding carboxylic acids is 1. The highest BCUT2D eigenvalue weighted by molar-refractivity contribution is 5.85. The van der Waals surface area contributed by atoms with Crippen LogP contribution < -0.4 is 10.6 Å². The summed E-state index contributed by atoms with van der Waals surface area (Å²) in [4.78, 5) is 11.5. The fourth-order valence-electron chi connectivity index (χ4n) is 1.59. The zero-order chi connectivity index (χ0) is 10.7. The quantitative estimate of drug-likeness (QED) is 0.771. The van der Waals surface area contributed by atoms with Crippen LogP contribution >= 0.6 is 0 Å². The molecule has 2 rings (SSSR count). The van der Waals surface area contributed by atoms with Gasteiger partial charge in [0.05, 0.1) is 12.8 Å². The molecule has 2 heterocycles. The first kappa shape index (κ1) is 10.2. The zero-order valence-corrected chi connectivity index (χ0v) is 8.25. The third kappa shape index (κ3) is 2.18. The number of rotatable bonds is 3. The monoisotopic (exact) mass is 212 g/mol. The lowest BCUT2D eigenvalue weighted by Crippen LogP contribution is -2.44. The molecule has 1 amide bonds. The van der Waals surface area contributed by atoms with Crippen molar-refractivity contribution in [2.24, 2.45) is 0 Å². The van der Waals surface area contributed by atoms with Crippen molar-refractivity contribution in [1.29, 1.82) is 0 Å². The summed E-state index contributed by atoms with van der Waals surface area (Å²) < 4.78 is 18.9. The minimum absolute atomic E-state index is 0.0942. The summed E-state index contributed by atoms with van der Waals surface area (Å²) in [5.41, 5.74) is -1.76. The zero-order valence-electron chi connectivity index (χ0n) is 8.25. The van der Waals surface area contributed by atoms with Crippen molar-refractivity contribution in [2.75, 3.05) is 13.1 Å². The maximum absolute atomic E-state index is 13.8. The standard InChI is InChI=1S/C10H13FN2O2/c11-10(3-4-12-7-10)9(14)13-6-8-2-1-5-15-8/h1-2,5,12H,3-4,6-7H2,(H,13,14). The van der Waals surface area contributed by atoms with Crippen molar-refractivity contribution in [2.45, 2.75) is 18.6 Å². The van der Waals surface area contributed by atoms with Gasteiger partial charge in [-0.05, 0) is 18.7 Å². The lowest BCUT2D eigenvalue weighted by Gasteiger charge is -2.16. The number of nitrogens with one attached hydrogen (secondary N) is 2. The van der Waals surface area contributed by atoms with Gasteiger partial charge in [-0.25, -0.2) is 4.39 Å². The SMILES string of the molecule is O=C(NCc1ccco1)C1(F)CCNC1. The van der Waals surface area contributed by atoms with Crippen LogP contribution in [0.1, 0.15) is 12.2 Å². The summed E-state index contributed by atoms with van der Waals surface area (Å²) in [7, 11) is 0. The van der Waals surface area contributed by atoms with Crippen molar-refractivity contribution in [3.8, 4) is 0 Å². The molecule has 1 atom stereocenters. The van der Waals surface area contributed by atoms with Crippen LogP contribution in [-0.2, 0) is 11.3 Å². The molecule has 0 saturated carbocycles. The molecule has 82 valence electrons. The summed E-state index contributed by atoms with van der Waals surface area (Å²) in [5, 5.41) is 5.35. The van der Waals surface area contributed by atoms with Gasteiger partial charge >= 0.3 is 0 Å². The smallest absolute Gasteiger partial charge is 0.259 e. The lowest BCUT2D eigenvalue weighted by atomic mass is 10.1. The highest BCUT2D eigenvalue weighted by Crippen LogP contribution is 2.19. The Labute approximate surface area is 86.8 Å². The lowest BCUT2D eigenvalue weighted by molar-refractivity contribution is -0.131. The summed E-state index contributed by atoms with van der Waals surface area (Å²) >= 11 is 0. The Bertz CT molecular complexity index is 331. The van der Waals surface area contributed by atoms with Gasteiger partial charge in [0, 0.05) is 13.0 Å². The number of halogens is 1. The summed E-state index contributed by atoms with van der Waals surface area (Å²) in [6.07, 6.45) is 1.75. The van der Waals surface area contributed by atoms with Gasteiger partial charge in [-0.15, -0.1) is 0 Å². The maximum atomic E-state index is 13.8. The Kier molecular flexibility index (Phi) is 2.73. The Morgan fingerprint density at radius 1 is 1.73 bits per heavy atom. The fraction of sp³-hybridized carbons (Fsp3) is 0.500. The predicted octanol–water partition coefficient (Wildman–Crippen LogP) is 0.597. The molecule has 1 unspecified atom stereocenters. The molecular weight excluding hydrogens is 199 g/mol. The molecule has 0 aliphatic carbocycles. The highest BCUT2D eigenvalue weighted by Gasteiger charge is 2.41. The first-order valence-corrected chi connectivity index (χ1v) is 4.91. The van der Waals surface area contributed by atoms with Crippen molar-refractivity contribution in [1.82, 2.24) is 10.6 Å². The van der Waals surface area contributed by atoms with Crippen LogP contribution in [-0.4, -0.2) is 24.7 Å². The minimum Gasteiger partial charge on any atom is -0.467 e. The van der Waals surface area contributed by atoms with E-state index in [9.17, 15) is 9.18 Å². The fourth-order valence-corrected chi connectivity index (χ4v) is 1.59. The summed E-state index contributed by atoms with van der Waals surface area (Å²) in [5.74, 6) is 0.0572. The van der Waals surface area contributed by atoms with Crippen LogP contribution in [0.4, 0.5) is 4.39 Å². The Hall–Kier alpha value is -1.36.